The van der Waals surface area contributed by atoms with Crippen molar-refractivity contribution in [2.24, 2.45) is 0 Å². The summed E-state index contributed by atoms with van der Waals surface area (Å²) in [6.07, 6.45) is 1.08. The zero-order chi connectivity index (χ0) is 13.3. The van der Waals surface area contributed by atoms with Crippen LogP contribution < -0.4 is 10.6 Å². The van der Waals surface area contributed by atoms with Crippen LogP contribution in [0.15, 0.2) is 0 Å². The molecule has 0 radical (unpaired) electrons. The van der Waals surface area contributed by atoms with E-state index >= 15 is 0 Å². The first-order valence-electron chi connectivity index (χ1n) is 6.70. The topological polar surface area (TPSA) is 44.4 Å². The predicted octanol–water partition coefficient (Wildman–Crippen LogP) is 1.22. The van der Waals surface area contributed by atoms with E-state index in [0.717, 1.165) is 26.1 Å². The molecule has 0 atom stereocenters. The third-order valence-corrected chi connectivity index (χ3v) is 2.47. The summed E-state index contributed by atoms with van der Waals surface area (Å²) in [5.74, 6) is 0.124. The van der Waals surface area contributed by atoms with Crippen molar-refractivity contribution in [1.82, 2.24) is 15.5 Å². The van der Waals surface area contributed by atoms with E-state index in [2.05, 4.69) is 36.3 Å². The van der Waals surface area contributed by atoms with Crippen molar-refractivity contribution in [2.45, 2.75) is 53.1 Å². The minimum Gasteiger partial charge on any atom is -0.353 e. The summed E-state index contributed by atoms with van der Waals surface area (Å²) in [6.45, 7) is 13.8. The van der Waals surface area contributed by atoms with Gasteiger partial charge in [-0.15, -0.1) is 0 Å². The van der Waals surface area contributed by atoms with Gasteiger partial charge >= 0.3 is 0 Å². The minimum atomic E-state index is 0.124. The van der Waals surface area contributed by atoms with E-state index in [-0.39, 0.29) is 11.9 Å². The molecule has 0 aromatic carbocycles. The zero-order valence-corrected chi connectivity index (χ0v) is 12.0. The number of nitrogens with zero attached hydrogens (tertiary/aromatic N) is 1. The molecule has 0 bridgehead atoms. The fourth-order valence-corrected chi connectivity index (χ4v) is 1.61. The number of carbonyl (C=O) groups is 1. The molecule has 17 heavy (non-hydrogen) atoms. The fourth-order valence-electron chi connectivity index (χ4n) is 1.61. The molecule has 0 aliphatic rings. The van der Waals surface area contributed by atoms with Crippen molar-refractivity contribution < 1.29 is 4.79 Å². The lowest BCUT2D eigenvalue weighted by Gasteiger charge is -2.21. The van der Waals surface area contributed by atoms with Gasteiger partial charge in [0.15, 0.2) is 0 Å². The van der Waals surface area contributed by atoms with Gasteiger partial charge < -0.3 is 10.6 Å². The molecule has 0 saturated heterocycles. The van der Waals surface area contributed by atoms with Crippen LogP contribution in [0, 0.1) is 0 Å². The molecule has 4 heteroatoms. The van der Waals surface area contributed by atoms with Gasteiger partial charge in [0.2, 0.25) is 5.91 Å². The predicted molar refractivity (Wildman–Crippen MR) is 73.1 cm³/mol. The maximum Gasteiger partial charge on any atom is 0.234 e. The minimum absolute atomic E-state index is 0.124. The van der Waals surface area contributed by atoms with Crippen molar-refractivity contribution in [3.05, 3.63) is 0 Å². The molecule has 0 spiro atoms. The maximum absolute atomic E-state index is 11.6. The summed E-state index contributed by atoms with van der Waals surface area (Å²) < 4.78 is 0. The first kappa shape index (κ1) is 16.4. The van der Waals surface area contributed by atoms with Gasteiger partial charge in [0, 0.05) is 12.1 Å². The SMILES string of the molecule is CCN(CCCNC(C)C)CC(=O)NC(C)C. The first-order valence-corrected chi connectivity index (χ1v) is 6.70. The van der Waals surface area contributed by atoms with Crippen molar-refractivity contribution >= 4 is 5.91 Å². The van der Waals surface area contributed by atoms with E-state index in [0.29, 0.717) is 12.6 Å². The molecular weight excluding hydrogens is 214 g/mol. The normalized spacial score (nSPS) is 11.5. The molecule has 0 fully saturated rings. The van der Waals surface area contributed by atoms with Crippen LogP contribution in [0.25, 0.3) is 0 Å². The van der Waals surface area contributed by atoms with Gasteiger partial charge in [-0.3, -0.25) is 9.69 Å². The van der Waals surface area contributed by atoms with Crippen LogP contribution in [-0.2, 0) is 4.79 Å². The third-order valence-electron chi connectivity index (χ3n) is 2.47. The Morgan fingerprint density at radius 2 is 1.82 bits per heavy atom. The molecule has 0 saturated carbocycles. The Balaban J connectivity index is 3.72. The van der Waals surface area contributed by atoms with E-state index in [1.165, 1.54) is 0 Å². The quantitative estimate of drug-likeness (QED) is 0.599. The number of hydrogen-bond donors (Lipinski definition) is 2. The Hall–Kier alpha value is -0.610. The van der Waals surface area contributed by atoms with E-state index < -0.39 is 0 Å². The number of likely N-dealkylation sites (N-methyl/N-ethyl adjacent to an activating group) is 1. The van der Waals surface area contributed by atoms with Crippen LogP contribution in [0.2, 0.25) is 0 Å². The van der Waals surface area contributed by atoms with E-state index in [4.69, 9.17) is 0 Å². The van der Waals surface area contributed by atoms with E-state index in [1.54, 1.807) is 0 Å². The second-order valence-electron chi connectivity index (χ2n) is 5.05. The van der Waals surface area contributed by atoms with Gasteiger partial charge in [-0.2, -0.15) is 0 Å². The molecule has 0 rings (SSSR count). The Bertz CT molecular complexity index is 205. The van der Waals surface area contributed by atoms with Crippen molar-refractivity contribution in [3.8, 4) is 0 Å². The zero-order valence-electron chi connectivity index (χ0n) is 12.0. The Morgan fingerprint density at radius 1 is 1.18 bits per heavy atom. The largest absolute Gasteiger partial charge is 0.353 e. The van der Waals surface area contributed by atoms with E-state index in [9.17, 15) is 4.79 Å². The average Bonchev–Trinajstić information content (AvgIpc) is 2.21. The van der Waals surface area contributed by atoms with Gasteiger partial charge in [0.1, 0.15) is 0 Å². The van der Waals surface area contributed by atoms with Crippen LogP contribution in [0.3, 0.4) is 0 Å². The lowest BCUT2D eigenvalue weighted by Crippen LogP contribution is -2.41. The first-order chi connectivity index (χ1) is 7.95. The van der Waals surface area contributed by atoms with Crippen LogP contribution in [0.1, 0.15) is 41.0 Å². The van der Waals surface area contributed by atoms with E-state index in [1.807, 2.05) is 13.8 Å². The number of carbonyl (C=O) groups excluding carboxylic acids is 1. The maximum atomic E-state index is 11.6. The summed E-state index contributed by atoms with van der Waals surface area (Å²) in [4.78, 5) is 13.8. The molecule has 0 heterocycles. The standard InChI is InChI=1S/C13H29N3O/c1-6-16(9-7-8-14-11(2)3)10-13(17)15-12(4)5/h11-12,14H,6-10H2,1-5H3,(H,15,17). The highest BCUT2D eigenvalue weighted by Gasteiger charge is 2.09. The summed E-state index contributed by atoms with van der Waals surface area (Å²) in [6, 6.07) is 0.762. The summed E-state index contributed by atoms with van der Waals surface area (Å²) in [7, 11) is 0. The van der Waals surface area contributed by atoms with Gasteiger partial charge in [0.25, 0.3) is 0 Å². The Morgan fingerprint density at radius 3 is 2.29 bits per heavy atom. The van der Waals surface area contributed by atoms with Gasteiger partial charge in [-0.05, 0) is 39.9 Å². The molecule has 2 N–H and O–H groups in total. The molecule has 1 amide bonds. The average molecular weight is 243 g/mol. The Kier molecular flexibility index (Phi) is 9.09. The summed E-state index contributed by atoms with van der Waals surface area (Å²) in [5, 5.41) is 6.30. The van der Waals surface area contributed by atoms with Gasteiger partial charge in [-0.1, -0.05) is 20.8 Å². The van der Waals surface area contributed by atoms with Gasteiger partial charge in [0.05, 0.1) is 6.54 Å². The second kappa shape index (κ2) is 9.42. The molecule has 0 aliphatic heterocycles. The van der Waals surface area contributed by atoms with Crippen LogP contribution >= 0.6 is 0 Å². The van der Waals surface area contributed by atoms with Crippen LogP contribution in [0.5, 0.6) is 0 Å². The number of nitrogens with one attached hydrogen (secondary N) is 2. The van der Waals surface area contributed by atoms with Crippen LogP contribution in [-0.4, -0.2) is 49.1 Å². The summed E-state index contributed by atoms with van der Waals surface area (Å²) in [5.41, 5.74) is 0. The summed E-state index contributed by atoms with van der Waals surface area (Å²) >= 11 is 0. The number of rotatable bonds is 9. The molecular formula is C13H29N3O. The monoisotopic (exact) mass is 243 g/mol. The molecule has 0 unspecified atom stereocenters. The molecule has 0 aromatic heterocycles. The molecule has 0 aromatic rings. The highest BCUT2D eigenvalue weighted by Crippen LogP contribution is 1.92. The highest BCUT2D eigenvalue weighted by molar-refractivity contribution is 5.78. The number of amides is 1. The number of hydrogen-bond acceptors (Lipinski definition) is 3. The Labute approximate surface area is 106 Å². The lowest BCUT2D eigenvalue weighted by atomic mass is 10.3. The second-order valence-corrected chi connectivity index (χ2v) is 5.05. The van der Waals surface area contributed by atoms with Crippen molar-refractivity contribution in [2.75, 3.05) is 26.2 Å². The molecule has 0 aliphatic carbocycles. The fraction of sp³-hybridized carbons (Fsp3) is 0.923. The lowest BCUT2D eigenvalue weighted by molar-refractivity contribution is -0.122. The molecule has 102 valence electrons. The smallest absolute Gasteiger partial charge is 0.234 e. The van der Waals surface area contributed by atoms with Gasteiger partial charge in [-0.25, -0.2) is 0 Å². The van der Waals surface area contributed by atoms with Crippen molar-refractivity contribution in [3.63, 3.8) is 0 Å². The third kappa shape index (κ3) is 10.3. The van der Waals surface area contributed by atoms with Crippen LogP contribution in [0.4, 0.5) is 0 Å². The highest BCUT2D eigenvalue weighted by atomic mass is 16.2. The molecule has 4 nitrogen and oxygen atoms in total. The van der Waals surface area contributed by atoms with Crippen molar-refractivity contribution in [1.29, 1.82) is 0 Å².